The van der Waals surface area contributed by atoms with Gasteiger partial charge in [0.1, 0.15) is 0 Å². The van der Waals surface area contributed by atoms with Gasteiger partial charge in [-0.05, 0) is 33.2 Å². The number of nitrogens with one attached hydrogen (secondary N) is 1. The van der Waals surface area contributed by atoms with Crippen molar-refractivity contribution in [3.8, 4) is 0 Å². The van der Waals surface area contributed by atoms with Crippen molar-refractivity contribution in [2.24, 2.45) is 7.05 Å². The Bertz CT molecular complexity index is 576. The van der Waals surface area contributed by atoms with Crippen molar-refractivity contribution in [3.05, 3.63) is 17.0 Å². The van der Waals surface area contributed by atoms with Gasteiger partial charge in [-0.25, -0.2) is 0 Å². The Balaban J connectivity index is 1.89. The maximum absolute atomic E-state index is 12.4. The molecule has 0 spiro atoms. The van der Waals surface area contributed by atoms with E-state index in [1.54, 1.807) is 4.68 Å². The minimum atomic E-state index is -0.809. The van der Waals surface area contributed by atoms with Crippen molar-refractivity contribution in [2.75, 3.05) is 13.1 Å². The van der Waals surface area contributed by atoms with Gasteiger partial charge in [0, 0.05) is 24.8 Å². The number of carbonyl (C=O) groups is 2. The van der Waals surface area contributed by atoms with Crippen LogP contribution in [0.3, 0.4) is 0 Å². The number of aromatic nitrogens is 2. The van der Waals surface area contributed by atoms with Crippen LogP contribution in [-0.4, -0.2) is 56.8 Å². The summed E-state index contributed by atoms with van der Waals surface area (Å²) in [6, 6.07) is 0.349. The lowest BCUT2D eigenvalue weighted by Gasteiger charge is -2.42. The molecule has 0 atom stereocenters. The molecule has 1 aromatic heterocycles. The molecule has 0 unspecified atom stereocenters. The molecule has 7 nitrogen and oxygen atoms in total. The molecular formula is C15H24N4O3. The van der Waals surface area contributed by atoms with Crippen LogP contribution in [-0.2, 0) is 11.8 Å². The average molecular weight is 308 g/mol. The minimum absolute atomic E-state index is 0.0582. The van der Waals surface area contributed by atoms with E-state index < -0.39 is 5.97 Å². The van der Waals surface area contributed by atoms with E-state index in [4.69, 9.17) is 5.11 Å². The molecule has 1 heterocycles. The van der Waals surface area contributed by atoms with Gasteiger partial charge < -0.3 is 10.4 Å². The zero-order valence-electron chi connectivity index (χ0n) is 13.6. The van der Waals surface area contributed by atoms with E-state index in [2.05, 4.69) is 10.4 Å². The number of hydrogen-bond acceptors (Lipinski definition) is 4. The summed E-state index contributed by atoms with van der Waals surface area (Å²) in [5.74, 6) is -0.899. The fraction of sp³-hybridized carbons (Fsp3) is 0.667. The van der Waals surface area contributed by atoms with Crippen molar-refractivity contribution in [2.45, 2.75) is 45.7 Å². The van der Waals surface area contributed by atoms with Gasteiger partial charge in [-0.2, -0.15) is 5.10 Å². The van der Waals surface area contributed by atoms with E-state index in [1.165, 1.54) is 0 Å². The number of likely N-dealkylation sites (N-methyl/N-ethyl adjacent to an activating group) is 1. The lowest BCUT2D eigenvalue weighted by atomic mass is 9.85. The van der Waals surface area contributed by atoms with Gasteiger partial charge in [-0.3, -0.25) is 19.2 Å². The number of amides is 1. The van der Waals surface area contributed by atoms with Crippen molar-refractivity contribution >= 4 is 11.9 Å². The molecule has 0 aliphatic heterocycles. The van der Waals surface area contributed by atoms with Crippen LogP contribution >= 0.6 is 0 Å². The maximum Gasteiger partial charge on any atom is 0.317 e. The van der Waals surface area contributed by atoms with Gasteiger partial charge in [0.2, 0.25) is 0 Å². The molecule has 1 fully saturated rings. The van der Waals surface area contributed by atoms with Crippen molar-refractivity contribution in [1.29, 1.82) is 0 Å². The fourth-order valence-corrected chi connectivity index (χ4v) is 3.04. The number of hydrogen-bond donors (Lipinski definition) is 2. The molecule has 1 aliphatic carbocycles. The van der Waals surface area contributed by atoms with Crippen LogP contribution in [0.5, 0.6) is 0 Å². The molecule has 0 radical (unpaired) electrons. The fourth-order valence-electron chi connectivity index (χ4n) is 3.04. The number of carbonyl (C=O) groups excluding carboxylic acids is 1. The summed E-state index contributed by atoms with van der Waals surface area (Å²) in [5.41, 5.74) is 2.23. The van der Waals surface area contributed by atoms with Crippen LogP contribution in [0.1, 0.15) is 41.5 Å². The smallest absolute Gasteiger partial charge is 0.317 e. The second kappa shape index (κ2) is 6.48. The van der Waals surface area contributed by atoms with E-state index in [1.807, 2.05) is 32.7 Å². The molecule has 1 aromatic rings. The Morgan fingerprint density at radius 3 is 2.50 bits per heavy atom. The highest BCUT2D eigenvalue weighted by Gasteiger charge is 2.35. The summed E-state index contributed by atoms with van der Waals surface area (Å²) in [6.45, 7) is 6.43. The van der Waals surface area contributed by atoms with Gasteiger partial charge >= 0.3 is 5.97 Å². The predicted molar refractivity (Wildman–Crippen MR) is 81.8 cm³/mol. The van der Waals surface area contributed by atoms with Crippen LogP contribution in [0, 0.1) is 13.8 Å². The standard InChI is InChI=1S/C15H24N4O3/c1-5-19(8-13(20)21)12-6-11(7-12)16-15(22)14-9(2)17-18(4)10(14)3/h11-12H,5-8H2,1-4H3,(H,16,22)(H,20,21). The van der Waals surface area contributed by atoms with Gasteiger partial charge in [-0.1, -0.05) is 6.92 Å². The van der Waals surface area contributed by atoms with Gasteiger partial charge in [-0.15, -0.1) is 0 Å². The van der Waals surface area contributed by atoms with Gasteiger partial charge in [0.05, 0.1) is 17.8 Å². The van der Waals surface area contributed by atoms with E-state index in [0.29, 0.717) is 12.1 Å². The quantitative estimate of drug-likeness (QED) is 0.808. The van der Waals surface area contributed by atoms with Gasteiger partial charge in [0.15, 0.2) is 0 Å². The number of aliphatic carboxylic acids is 1. The van der Waals surface area contributed by atoms with Crippen LogP contribution in [0.15, 0.2) is 0 Å². The average Bonchev–Trinajstić information content (AvgIpc) is 2.64. The molecule has 0 bridgehead atoms. The number of carboxylic acids is 1. The third-order valence-corrected chi connectivity index (χ3v) is 4.45. The normalized spacial score (nSPS) is 20.8. The summed E-state index contributed by atoms with van der Waals surface area (Å²) >= 11 is 0. The summed E-state index contributed by atoms with van der Waals surface area (Å²) in [5, 5.41) is 16.2. The summed E-state index contributed by atoms with van der Waals surface area (Å²) in [7, 11) is 1.82. The van der Waals surface area contributed by atoms with E-state index in [-0.39, 0.29) is 24.5 Å². The van der Waals surface area contributed by atoms with Gasteiger partial charge in [0.25, 0.3) is 5.91 Å². The second-order valence-corrected chi connectivity index (χ2v) is 5.92. The van der Waals surface area contributed by atoms with Crippen molar-refractivity contribution < 1.29 is 14.7 Å². The summed E-state index contributed by atoms with van der Waals surface area (Å²) in [6.07, 6.45) is 1.59. The van der Waals surface area contributed by atoms with Crippen LogP contribution in [0.25, 0.3) is 0 Å². The van der Waals surface area contributed by atoms with Crippen LogP contribution in [0.2, 0.25) is 0 Å². The molecule has 0 saturated heterocycles. The first-order valence-corrected chi connectivity index (χ1v) is 7.60. The predicted octanol–water partition coefficient (Wildman–Crippen LogP) is 0.704. The van der Waals surface area contributed by atoms with Crippen LogP contribution < -0.4 is 5.32 Å². The third-order valence-electron chi connectivity index (χ3n) is 4.45. The van der Waals surface area contributed by atoms with Crippen molar-refractivity contribution in [1.82, 2.24) is 20.0 Å². The SMILES string of the molecule is CCN(CC(=O)O)C1CC(NC(=O)c2c(C)nn(C)c2C)C1. The van der Waals surface area contributed by atoms with E-state index >= 15 is 0 Å². The van der Waals surface area contributed by atoms with Crippen molar-refractivity contribution in [3.63, 3.8) is 0 Å². The minimum Gasteiger partial charge on any atom is -0.480 e. The molecule has 2 N–H and O–H groups in total. The second-order valence-electron chi connectivity index (χ2n) is 5.92. The molecule has 2 rings (SSSR count). The highest BCUT2D eigenvalue weighted by molar-refractivity contribution is 5.96. The lowest BCUT2D eigenvalue weighted by Crippen LogP contribution is -2.54. The number of rotatable bonds is 6. The molecule has 1 aliphatic rings. The third kappa shape index (κ3) is 3.30. The highest BCUT2D eigenvalue weighted by Crippen LogP contribution is 2.26. The number of aryl methyl sites for hydroxylation is 2. The number of carboxylic acid groups (broad SMARTS) is 1. The molecular weight excluding hydrogens is 284 g/mol. The summed E-state index contributed by atoms with van der Waals surface area (Å²) in [4.78, 5) is 25.1. The summed E-state index contributed by atoms with van der Waals surface area (Å²) < 4.78 is 1.71. The Morgan fingerprint density at radius 1 is 1.41 bits per heavy atom. The van der Waals surface area contributed by atoms with E-state index in [0.717, 1.165) is 24.2 Å². The lowest BCUT2D eigenvalue weighted by molar-refractivity contribution is -0.139. The Hall–Kier alpha value is -1.89. The first-order chi connectivity index (χ1) is 10.3. The zero-order chi connectivity index (χ0) is 16.4. The molecule has 122 valence electrons. The Labute approximate surface area is 130 Å². The number of nitrogens with zero attached hydrogens (tertiary/aromatic N) is 3. The molecule has 1 amide bonds. The Morgan fingerprint density at radius 2 is 2.05 bits per heavy atom. The van der Waals surface area contributed by atoms with Crippen LogP contribution in [0.4, 0.5) is 0 Å². The molecule has 1 saturated carbocycles. The largest absolute Gasteiger partial charge is 0.480 e. The van der Waals surface area contributed by atoms with E-state index in [9.17, 15) is 9.59 Å². The first-order valence-electron chi connectivity index (χ1n) is 7.60. The maximum atomic E-state index is 12.4. The highest BCUT2D eigenvalue weighted by atomic mass is 16.4. The molecule has 22 heavy (non-hydrogen) atoms. The molecule has 7 heteroatoms. The molecule has 0 aromatic carbocycles. The zero-order valence-corrected chi connectivity index (χ0v) is 13.6. The monoisotopic (exact) mass is 308 g/mol. The Kier molecular flexibility index (Phi) is 4.85. The topological polar surface area (TPSA) is 87.5 Å². The first kappa shape index (κ1) is 16.5.